The summed E-state index contributed by atoms with van der Waals surface area (Å²) in [4.78, 5) is 10.5. The van der Waals surface area contributed by atoms with Gasteiger partial charge in [0, 0.05) is 22.6 Å². The molecule has 0 atom stereocenters. The van der Waals surface area contributed by atoms with Gasteiger partial charge >= 0.3 is 0 Å². The van der Waals surface area contributed by atoms with Gasteiger partial charge in [0.25, 0.3) is 5.69 Å². The van der Waals surface area contributed by atoms with Crippen LogP contribution in [0.15, 0.2) is 40.9 Å². The highest BCUT2D eigenvalue weighted by Gasteiger charge is 2.11. The molecule has 0 heterocycles. The smallest absolute Gasteiger partial charge is 0.272 e. The third-order valence-corrected chi connectivity index (χ3v) is 3.55. The fraction of sp³-hybridized carbons (Fsp3) is 0.133. The van der Waals surface area contributed by atoms with Crippen molar-refractivity contribution < 1.29 is 4.92 Å². The number of rotatable bonds is 4. The second-order valence-electron chi connectivity index (χ2n) is 4.53. The lowest BCUT2D eigenvalue weighted by Crippen LogP contribution is -2.02. The molecule has 1 N–H and O–H groups in total. The average molecular weight is 346 g/mol. The number of anilines is 1. The van der Waals surface area contributed by atoms with E-state index in [0.717, 1.165) is 10.0 Å². The quantitative estimate of drug-likeness (QED) is 0.666. The maximum Gasteiger partial charge on any atom is 0.272 e. The van der Waals surface area contributed by atoms with E-state index in [4.69, 9.17) is 5.26 Å². The first kappa shape index (κ1) is 15.0. The van der Waals surface area contributed by atoms with Gasteiger partial charge in [-0.1, -0.05) is 28.1 Å². The molecule has 0 aliphatic heterocycles. The molecule has 0 saturated carbocycles. The van der Waals surface area contributed by atoms with Gasteiger partial charge in [0.15, 0.2) is 0 Å². The van der Waals surface area contributed by atoms with Gasteiger partial charge in [-0.2, -0.15) is 5.26 Å². The highest BCUT2D eigenvalue weighted by atomic mass is 79.9. The second-order valence-corrected chi connectivity index (χ2v) is 5.45. The average Bonchev–Trinajstić information content (AvgIpc) is 2.46. The van der Waals surface area contributed by atoms with Crippen molar-refractivity contribution in [2.45, 2.75) is 13.5 Å². The number of hydrogen-bond donors (Lipinski definition) is 1. The first-order chi connectivity index (χ1) is 10.0. The molecule has 0 radical (unpaired) electrons. The molecule has 0 aliphatic rings. The van der Waals surface area contributed by atoms with Gasteiger partial charge in [0.1, 0.15) is 6.07 Å². The molecular formula is C15H12BrN3O2. The van der Waals surface area contributed by atoms with E-state index in [1.165, 1.54) is 0 Å². The summed E-state index contributed by atoms with van der Waals surface area (Å²) in [6, 6.07) is 12.6. The molecule has 0 aliphatic carbocycles. The zero-order valence-corrected chi connectivity index (χ0v) is 12.8. The summed E-state index contributed by atoms with van der Waals surface area (Å²) in [7, 11) is 0. The van der Waals surface area contributed by atoms with Crippen LogP contribution in [-0.2, 0) is 6.54 Å². The SMILES string of the molecule is Cc1ccc(CNc2ccc(Br)cc2C#N)cc1[N+](=O)[O-]. The number of benzene rings is 2. The Morgan fingerprint density at radius 1 is 1.33 bits per heavy atom. The summed E-state index contributed by atoms with van der Waals surface area (Å²) in [5, 5.41) is 23.1. The fourth-order valence-electron chi connectivity index (χ4n) is 1.92. The molecule has 21 heavy (non-hydrogen) atoms. The van der Waals surface area contributed by atoms with Crippen LogP contribution >= 0.6 is 15.9 Å². The van der Waals surface area contributed by atoms with Gasteiger partial charge in [-0.25, -0.2) is 0 Å². The van der Waals surface area contributed by atoms with Crippen molar-refractivity contribution in [3.63, 3.8) is 0 Å². The Morgan fingerprint density at radius 3 is 2.76 bits per heavy atom. The lowest BCUT2D eigenvalue weighted by atomic mass is 10.1. The van der Waals surface area contributed by atoms with Gasteiger partial charge in [-0.15, -0.1) is 0 Å². The number of nitriles is 1. The predicted octanol–water partition coefficient (Wildman–Crippen LogP) is 4.15. The summed E-state index contributed by atoms with van der Waals surface area (Å²) < 4.78 is 0.829. The van der Waals surface area contributed by atoms with Crippen molar-refractivity contribution in [3.8, 4) is 6.07 Å². The molecule has 0 unspecified atom stereocenters. The molecule has 0 aromatic heterocycles. The summed E-state index contributed by atoms with van der Waals surface area (Å²) >= 11 is 3.31. The van der Waals surface area contributed by atoms with E-state index in [1.807, 2.05) is 12.1 Å². The van der Waals surface area contributed by atoms with E-state index in [-0.39, 0.29) is 10.6 Å². The number of nitrogens with zero attached hydrogens (tertiary/aromatic N) is 2. The highest BCUT2D eigenvalue weighted by Crippen LogP contribution is 2.23. The van der Waals surface area contributed by atoms with Gasteiger partial charge in [0.2, 0.25) is 0 Å². The van der Waals surface area contributed by atoms with Crippen LogP contribution in [-0.4, -0.2) is 4.92 Å². The van der Waals surface area contributed by atoms with E-state index in [9.17, 15) is 10.1 Å². The number of halogens is 1. The van der Waals surface area contributed by atoms with Crippen molar-refractivity contribution >= 4 is 27.3 Å². The molecule has 0 bridgehead atoms. The Labute approximate surface area is 130 Å². The Balaban J connectivity index is 2.19. The summed E-state index contributed by atoms with van der Waals surface area (Å²) in [5.41, 5.74) is 2.74. The van der Waals surface area contributed by atoms with Crippen molar-refractivity contribution in [2.75, 3.05) is 5.32 Å². The third kappa shape index (κ3) is 3.58. The number of nitro groups is 1. The highest BCUT2D eigenvalue weighted by molar-refractivity contribution is 9.10. The maximum absolute atomic E-state index is 10.9. The first-order valence-corrected chi connectivity index (χ1v) is 6.98. The normalized spacial score (nSPS) is 9.95. The second kappa shape index (κ2) is 6.37. The van der Waals surface area contributed by atoms with E-state index in [1.54, 1.807) is 31.2 Å². The van der Waals surface area contributed by atoms with Crippen LogP contribution in [0.1, 0.15) is 16.7 Å². The Hall–Kier alpha value is -2.39. The maximum atomic E-state index is 10.9. The topological polar surface area (TPSA) is 79.0 Å². The monoisotopic (exact) mass is 345 g/mol. The van der Waals surface area contributed by atoms with Gasteiger partial charge in [0.05, 0.1) is 16.2 Å². The number of nitrogens with one attached hydrogen (secondary N) is 1. The van der Waals surface area contributed by atoms with E-state index in [2.05, 4.69) is 27.3 Å². The zero-order chi connectivity index (χ0) is 15.4. The molecule has 0 saturated heterocycles. The van der Waals surface area contributed by atoms with Crippen LogP contribution < -0.4 is 5.32 Å². The standard InChI is InChI=1S/C15H12BrN3O2/c1-10-2-3-11(6-15(10)19(20)21)9-18-14-5-4-13(16)7-12(14)8-17/h2-7,18H,9H2,1H3. The minimum atomic E-state index is -0.390. The van der Waals surface area contributed by atoms with Crippen LogP contribution in [0.5, 0.6) is 0 Å². The molecule has 0 amide bonds. The van der Waals surface area contributed by atoms with Crippen LogP contribution in [0.3, 0.4) is 0 Å². The van der Waals surface area contributed by atoms with Crippen LogP contribution in [0, 0.1) is 28.4 Å². The number of hydrogen-bond acceptors (Lipinski definition) is 4. The summed E-state index contributed by atoms with van der Waals surface area (Å²) in [5.74, 6) is 0. The van der Waals surface area contributed by atoms with Crippen molar-refractivity contribution in [3.05, 3.63) is 67.7 Å². The van der Waals surface area contributed by atoms with Crippen LogP contribution in [0.25, 0.3) is 0 Å². The minimum Gasteiger partial charge on any atom is -0.380 e. The molecule has 2 rings (SSSR count). The van der Waals surface area contributed by atoms with Crippen LogP contribution in [0.2, 0.25) is 0 Å². The lowest BCUT2D eigenvalue weighted by molar-refractivity contribution is -0.385. The molecule has 0 spiro atoms. The summed E-state index contributed by atoms with van der Waals surface area (Å²) in [6.07, 6.45) is 0. The minimum absolute atomic E-state index is 0.102. The van der Waals surface area contributed by atoms with E-state index >= 15 is 0 Å². The van der Waals surface area contributed by atoms with Crippen molar-refractivity contribution in [1.82, 2.24) is 0 Å². The van der Waals surface area contributed by atoms with E-state index in [0.29, 0.717) is 23.4 Å². The molecule has 0 fully saturated rings. The molecule has 2 aromatic carbocycles. The lowest BCUT2D eigenvalue weighted by Gasteiger charge is -2.09. The number of aryl methyl sites for hydroxylation is 1. The molecule has 6 heteroatoms. The molecule has 2 aromatic rings. The van der Waals surface area contributed by atoms with Gasteiger partial charge in [-0.3, -0.25) is 10.1 Å². The van der Waals surface area contributed by atoms with Gasteiger partial charge < -0.3 is 5.32 Å². The summed E-state index contributed by atoms with van der Waals surface area (Å²) in [6.45, 7) is 2.12. The van der Waals surface area contributed by atoms with Crippen LogP contribution in [0.4, 0.5) is 11.4 Å². The van der Waals surface area contributed by atoms with E-state index < -0.39 is 0 Å². The molecular weight excluding hydrogens is 334 g/mol. The Morgan fingerprint density at radius 2 is 2.10 bits per heavy atom. The Bertz CT molecular complexity index is 738. The van der Waals surface area contributed by atoms with Crippen molar-refractivity contribution in [1.29, 1.82) is 5.26 Å². The molecule has 5 nitrogen and oxygen atoms in total. The zero-order valence-electron chi connectivity index (χ0n) is 11.3. The first-order valence-electron chi connectivity index (χ1n) is 6.18. The predicted molar refractivity (Wildman–Crippen MR) is 84.0 cm³/mol. The third-order valence-electron chi connectivity index (χ3n) is 3.06. The largest absolute Gasteiger partial charge is 0.380 e. The fourth-order valence-corrected chi connectivity index (χ4v) is 2.28. The van der Waals surface area contributed by atoms with Gasteiger partial charge in [-0.05, 0) is 30.7 Å². The van der Waals surface area contributed by atoms with Crippen molar-refractivity contribution in [2.24, 2.45) is 0 Å². The number of nitro benzene ring substituents is 1. The molecule has 106 valence electrons. The Kier molecular flexibility index (Phi) is 4.55.